The normalized spacial score (nSPS) is 14.9. The Morgan fingerprint density at radius 2 is 0.921 bits per heavy atom. The van der Waals surface area contributed by atoms with Crippen molar-refractivity contribution in [3.05, 3.63) is 50.6 Å². The molecular weight excluding hydrogens is 491 g/mol. The molecule has 0 saturated carbocycles. The van der Waals surface area contributed by atoms with Crippen LogP contribution in [0.3, 0.4) is 0 Å². The molecular formula is C33H61O4P. The molecule has 0 aliphatic rings. The molecule has 4 unspecified atom stereocenters. The summed E-state index contributed by atoms with van der Waals surface area (Å²) in [6.07, 6.45) is 30.9. The minimum Gasteiger partial charge on any atom is -0.303 e. The van der Waals surface area contributed by atoms with Gasteiger partial charge in [0.15, 0.2) is 0 Å². The van der Waals surface area contributed by atoms with Gasteiger partial charge in [0.05, 0.1) is 6.61 Å². The highest BCUT2D eigenvalue weighted by Crippen LogP contribution is 2.37. The van der Waals surface area contributed by atoms with Crippen LogP contribution in [0.15, 0.2) is 50.6 Å². The van der Waals surface area contributed by atoms with Crippen LogP contribution in [-0.4, -0.2) is 16.4 Å². The maximum absolute atomic E-state index is 11.1. The van der Waals surface area contributed by atoms with Gasteiger partial charge in [-0.15, -0.1) is 26.3 Å². The van der Waals surface area contributed by atoms with Crippen molar-refractivity contribution in [1.82, 2.24) is 0 Å². The molecule has 0 aliphatic carbocycles. The second kappa shape index (κ2) is 25.1. The Morgan fingerprint density at radius 3 is 1.32 bits per heavy atom. The van der Waals surface area contributed by atoms with Crippen LogP contribution in [0.2, 0.25) is 0 Å². The number of phosphoric ester groups is 1. The summed E-state index contributed by atoms with van der Waals surface area (Å²) >= 11 is 0. The molecule has 4 atom stereocenters. The van der Waals surface area contributed by atoms with Gasteiger partial charge in [-0.1, -0.05) is 89.0 Å². The Hall–Kier alpha value is -0.930. The number of hydrogen-bond acceptors (Lipinski definition) is 2. The lowest BCUT2D eigenvalue weighted by Gasteiger charge is -2.24. The van der Waals surface area contributed by atoms with E-state index in [0.29, 0.717) is 18.3 Å². The first-order valence-electron chi connectivity index (χ1n) is 15.4. The molecule has 222 valence electrons. The lowest BCUT2D eigenvalue weighted by molar-refractivity contribution is 0.160. The Kier molecular flexibility index (Phi) is 24.5. The van der Waals surface area contributed by atoms with Gasteiger partial charge in [0, 0.05) is 0 Å². The van der Waals surface area contributed by atoms with Crippen LogP contribution >= 0.6 is 7.82 Å². The number of rotatable bonds is 29. The Labute approximate surface area is 236 Å². The SMILES string of the molecule is C=CCC(CCCCCCCCCC)CCC(CC=C)CCC(CC=C)CCC(CC=C)COP(=O)(O)O. The standard InChI is InChI=1S/C33H61O4P/c1-6-11-12-13-14-15-16-17-22-30(18-7-2)23-24-31(19-8-3)25-26-32(20-9-4)27-28-33(21-10-5)29-37-38(34,35)36/h7-10,30-33H,2-6,11-29H2,1H3,(H2,34,35,36). The molecule has 0 rings (SSSR count). The number of unbranched alkanes of at least 4 members (excludes halogenated alkanes) is 7. The number of phosphoric acid groups is 1. The first kappa shape index (κ1) is 37.1. The third kappa shape index (κ3) is 23.0. The van der Waals surface area contributed by atoms with Gasteiger partial charge >= 0.3 is 7.82 Å². The van der Waals surface area contributed by atoms with Gasteiger partial charge in [-0.2, -0.15) is 0 Å². The molecule has 0 amide bonds. The van der Waals surface area contributed by atoms with E-state index in [-0.39, 0.29) is 12.5 Å². The molecule has 0 bridgehead atoms. The van der Waals surface area contributed by atoms with E-state index in [1.54, 1.807) is 0 Å². The third-order valence-electron chi connectivity index (χ3n) is 7.89. The van der Waals surface area contributed by atoms with Gasteiger partial charge < -0.3 is 9.79 Å². The van der Waals surface area contributed by atoms with Crippen molar-refractivity contribution in [3.8, 4) is 0 Å². The van der Waals surface area contributed by atoms with Crippen molar-refractivity contribution < 1.29 is 18.9 Å². The highest BCUT2D eigenvalue weighted by atomic mass is 31.2. The molecule has 0 radical (unpaired) electrons. The van der Waals surface area contributed by atoms with Gasteiger partial charge in [-0.3, -0.25) is 4.52 Å². The maximum atomic E-state index is 11.1. The third-order valence-corrected chi connectivity index (χ3v) is 8.38. The molecule has 0 aromatic carbocycles. The average molecular weight is 553 g/mol. The Balaban J connectivity index is 4.62. The van der Waals surface area contributed by atoms with Crippen molar-refractivity contribution in [3.63, 3.8) is 0 Å². The summed E-state index contributed by atoms with van der Waals surface area (Å²) in [4.78, 5) is 18.1. The van der Waals surface area contributed by atoms with Gasteiger partial charge in [0.2, 0.25) is 0 Å². The molecule has 0 fully saturated rings. The van der Waals surface area contributed by atoms with Crippen LogP contribution in [0.25, 0.3) is 0 Å². The molecule has 38 heavy (non-hydrogen) atoms. The Bertz CT molecular complexity index is 641. The van der Waals surface area contributed by atoms with E-state index < -0.39 is 7.82 Å². The highest BCUT2D eigenvalue weighted by molar-refractivity contribution is 7.46. The number of hydrogen-bond donors (Lipinski definition) is 2. The van der Waals surface area contributed by atoms with Crippen LogP contribution in [0.5, 0.6) is 0 Å². The number of allylic oxidation sites excluding steroid dienone is 4. The van der Waals surface area contributed by atoms with Crippen molar-refractivity contribution in [1.29, 1.82) is 0 Å². The van der Waals surface area contributed by atoms with Crippen LogP contribution < -0.4 is 0 Å². The molecule has 4 nitrogen and oxygen atoms in total. The zero-order valence-corrected chi connectivity index (χ0v) is 25.6. The molecule has 0 spiro atoms. The lowest BCUT2D eigenvalue weighted by atomic mass is 9.83. The van der Waals surface area contributed by atoms with E-state index >= 15 is 0 Å². The first-order chi connectivity index (χ1) is 18.3. The fourth-order valence-electron chi connectivity index (χ4n) is 5.54. The maximum Gasteiger partial charge on any atom is 0.469 e. The zero-order valence-electron chi connectivity index (χ0n) is 24.7. The minimum absolute atomic E-state index is 0.0692. The van der Waals surface area contributed by atoms with Gasteiger partial charge in [0.25, 0.3) is 0 Å². The largest absolute Gasteiger partial charge is 0.469 e. The van der Waals surface area contributed by atoms with E-state index in [4.69, 9.17) is 14.3 Å². The fraction of sp³-hybridized carbons (Fsp3) is 0.758. The molecule has 2 N–H and O–H groups in total. The molecule has 5 heteroatoms. The quantitative estimate of drug-likeness (QED) is 0.0550. The average Bonchev–Trinajstić information content (AvgIpc) is 2.87. The monoisotopic (exact) mass is 552 g/mol. The topological polar surface area (TPSA) is 66.8 Å². The van der Waals surface area contributed by atoms with E-state index in [0.717, 1.165) is 44.4 Å². The van der Waals surface area contributed by atoms with Gasteiger partial charge in [0.1, 0.15) is 0 Å². The second-order valence-corrected chi connectivity index (χ2v) is 12.6. The van der Waals surface area contributed by atoms with Crippen molar-refractivity contribution >= 4 is 7.82 Å². The predicted octanol–water partition coefficient (Wildman–Crippen LogP) is 10.7. The van der Waals surface area contributed by atoms with E-state index in [1.165, 1.54) is 77.0 Å². The van der Waals surface area contributed by atoms with Gasteiger partial charge in [-0.25, -0.2) is 4.57 Å². The fourth-order valence-corrected chi connectivity index (χ4v) is 5.94. The predicted molar refractivity (Wildman–Crippen MR) is 166 cm³/mol. The Morgan fingerprint density at radius 1 is 0.579 bits per heavy atom. The van der Waals surface area contributed by atoms with Crippen LogP contribution in [-0.2, 0) is 9.09 Å². The summed E-state index contributed by atoms with van der Waals surface area (Å²) in [6.45, 7) is 18.2. The van der Waals surface area contributed by atoms with Crippen LogP contribution in [0, 0.1) is 23.7 Å². The van der Waals surface area contributed by atoms with Crippen LogP contribution in [0.1, 0.15) is 129 Å². The zero-order chi connectivity index (χ0) is 28.5. The summed E-state index contributed by atoms with van der Waals surface area (Å²) in [5, 5.41) is 0. The lowest BCUT2D eigenvalue weighted by Crippen LogP contribution is -2.12. The second-order valence-electron chi connectivity index (χ2n) is 11.3. The smallest absolute Gasteiger partial charge is 0.303 e. The molecule has 0 aromatic rings. The van der Waals surface area contributed by atoms with Gasteiger partial charge in [-0.05, 0) is 87.9 Å². The summed E-state index contributed by atoms with van der Waals surface area (Å²) in [7, 11) is -4.44. The summed E-state index contributed by atoms with van der Waals surface area (Å²) in [6, 6.07) is 0. The summed E-state index contributed by atoms with van der Waals surface area (Å²) in [5.41, 5.74) is 0. The molecule has 0 aliphatic heterocycles. The molecule has 0 aromatic heterocycles. The van der Waals surface area contributed by atoms with Crippen LogP contribution in [0.4, 0.5) is 0 Å². The van der Waals surface area contributed by atoms with E-state index in [2.05, 4.69) is 45.4 Å². The summed E-state index contributed by atoms with van der Waals surface area (Å²) in [5.74, 6) is 2.01. The van der Waals surface area contributed by atoms with Crippen molar-refractivity contribution in [2.24, 2.45) is 23.7 Å². The van der Waals surface area contributed by atoms with E-state index in [9.17, 15) is 4.57 Å². The van der Waals surface area contributed by atoms with Crippen molar-refractivity contribution in [2.75, 3.05) is 6.61 Å². The summed E-state index contributed by atoms with van der Waals surface area (Å²) < 4.78 is 15.9. The minimum atomic E-state index is -4.44. The molecule has 0 heterocycles. The molecule has 0 saturated heterocycles. The highest BCUT2D eigenvalue weighted by Gasteiger charge is 2.20. The van der Waals surface area contributed by atoms with Crippen molar-refractivity contribution in [2.45, 2.75) is 129 Å². The first-order valence-corrected chi connectivity index (χ1v) is 17.0. The van der Waals surface area contributed by atoms with E-state index in [1.807, 2.05) is 12.2 Å².